The Morgan fingerprint density at radius 1 is 1.54 bits per heavy atom. The summed E-state index contributed by atoms with van der Waals surface area (Å²) >= 11 is 0. The van der Waals surface area contributed by atoms with E-state index in [0.717, 1.165) is 19.5 Å². The molecular formula is C8H15F2NO2. The Balaban J connectivity index is 2.18. The van der Waals surface area contributed by atoms with Crippen molar-refractivity contribution >= 4 is 0 Å². The highest BCUT2D eigenvalue weighted by atomic mass is 19.3. The van der Waals surface area contributed by atoms with E-state index in [4.69, 9.17) is 4.74 Å². The third-order valence-electron chi connectivity index (χ3n) is 2.07. The maximum atomic E-state index is 11.7. The van der Waals surface area contributed by atoms with Gasteiger partial charge < -0.3 is 14.4 Å². The topological polar surface area (TPSA) is 21.7 Å². The average molecular weight is 195 g/mol. The average Bonchev–Trinajstić information content (AvgIpc) is 2.27. The zero-order valence-corrected chi connectivity index (χ0v) is 7.71. The number of alkyl halides is 2. The smallest absolute Gasteiger partial charge is 0.345 e. The number of nitrogens with zero attached hydrogens (tertiary/aromatic N) is 1. The standard InChI is InChI=1S/C8H15F2NO2/c1-11-3-2-7(12-5-4-11)6-13-8(9)10/h7-8H,2-6H2,1H3. The number of likely N-dealkylation sites (N-methyl/N-ethyl adjacent to an activating group) is 1. The predicted octanol–water partition coefficient (Wildman–Crippen LogP) is 0.946. The fraction of sp³-hybridized carbons (Fsp3) is 1.00. The zero-order valence-electron chi connectivity index (χ0n) is 7.71. The molecule has 1 aliphatic heterocycles. The van der Waals surface area contributed by atoms with Crippen molar-refractivity contribution in [2.24, 2.45) is 0 Å². The van der Waals surface area contributed by atoms with Crippen molar-refractivity contribution in [2.75, 3.05) is 33.4 Å². The van der Waals surface area contributed by atoms with Gasteiger partial charge in [0.25, 0.3) is 0 Å². The number of hydrogen-bond acceptors (Lipinski definition) is 3. The van der Waals surface area contributed by atoms with Crippen molar-refractivity contribution in [3.63, 3.8) is 0 Å². The lowest BCUT2D eigenvalue weighted by Crippen LogP contribution is -2.22. The van der Waals surface area contributed by atoms with Crippen molar-refractivity contribution in [3.8, 4) is 0 Å². The van der Waals surface area contributed by atoms with Crippen molar-refractivity contribution in [3.05, 3.63) is 0 Å². The van der Waals surface area contributed by atoms with Gasteiger partial charge in [-0.3, -0.25) is 0 Å². The van der Waals surface area contributed by atoms with E-state index in [9.17, 15) is 8.78 Å². The van der Waals surface area contributed by atoms with E-state index in [1.807, 2.05) is 7.05 Å². The van der Waals surface area contributed by atoms with Gasteiger partial charge in [-0.15, -0.1) is 0 Å². The molecule has 0 radical (unpaired) electrons. The van der Waals surface area contributed by atoms with Crippen LogP contribution < -0.4 is 0 Å². The van der Waals surface area contributed by atoms with Gasteiger partial charge in [0.15, 0.2) is 0 Å². The highest BCUT2D eigenvalue weighted by Gasteiger charge is 2.16. The fourth-order valence-electron chi connectivity index (χ4n) is 1.25. The molecule has 78 valence electrons. The first kappa shape index (κ1) is 10.8. The van der Waals surface area contributed by atoms with E-state index in [-0.39, 0.29) is 12.7 Å². The van der Waals surface area contributed by atoms with Crippen LogP contribution in [0.25, 0.3) is 0 Å². The lowest BCUT2D eigenvalue weighted by Gasteiger charge is -2.14. The summed E-state index contributed by atoms with van der Waals surface area (Å²) in [6, 6.07) is 0. The first-order valence-electron chi connectivity index (χ1n) is 4.38. The normalized spacial score (nSPS) is 26.3. The summed E-state index contributed by atoms with van der Waals surface area (Å²) in [5.41, 5.74) is 0. The Morgan fingerprint density at radius 3 is 3.00 bits per heavy atom. The second kappa shape index (κ2) is 5.47. The minimum absolute atomic E-state index is 0.00843. The summed E-state index contributed by atoms with van der Waals surface area (Å²) < 4.78 is 32.9. The second-order valence-corrected chi connectivity index (χ2v) is 3.18. The van der Waals surface area contributed by atoms with Gasteiger partial charge in [-0.25, -0.2) is 0 Å². The highest BCUT2D eigenvalue weighted by Crippen LogP contribution is 2.07. The monoisotopic (exact) mass is 195 g/mol. The van der Waals surface area contributed by atoms with Gasteiger partial charge in [0.2, 0.25) is 0 Å². The summed E-state index contributed by atoms with van der Waals surface area (Å²) in [7, 11) is 1.99. The van der Waals surface area contributed by atoms with Crippen molar-refractivity contribution in [1.82, 2.24) is 4.90 Å². The third kappa shape index (κ3) is 4.50. The molecule has 1 heterocycles. The maximum absolute atomic E-state index is 11.7. The molecule has 5 heteroatoms. The van der Waals surface area contributed by atoms with Crippen LogP contribution in [0.5, 0.6) is 0 Å². The minimum atomic E-state index is -2.69. The molecule has 1 atom stereocenters. The van der Waals surface area contributed by atoms with Gasteiger partial charge in [-0.1, -0.05) is 0 Å². The van der Waals surface area contributed by atoms with Crippen LogP contribution in [0.4, 0.5) is 8.78 Å². The molecule has 3 nitrogen and oxygen atoms in total. The number of hydrogen-bond donors (Lipinski definition) is 0. The molecule has 1 aliphatic rings. The van der Waals surface area contributed by atoms with Crippen molar-refractivity contribution in [1.29, 1.82) is 0 Å². The van der Waals surface area contributed by atoms with Crippen LogP contribution in [-0.2, 0) is 9.47 Å². The number of halogens is 2. The molecule has 1 fully saturated rings. The maximum Gasteiger partial charge on any atom is 0.345 e. The van der Waals surface area contributed by atoms with Crippen LogP contribution in [0, 0.1) is 0 Å². The Kier molecular flexibility index (Phi) is 4.55. The number of rotatable bonds is 3. The number of ether oxygens (including phenoxy) is 2. The molecule has 0 amide bonds. The first-order chi connectivity index (χ1) is 6.18. The summed E-state index contributed by atoms with van der Waals surface area (Å²) in [6.07, 6.45) is 0.572. The van der Waals surface area contributed by atoms with Crippen molar-refractivity contribution in [2.45, 2.75) is 19.1 Å². The third-order valence-corrected chi connectivity index (χ3v) is 2.07. The molecule has 0 aromatic heterocycles. The van der Waals surface area contributed by atoms with Gasteiger partial charge in [0.1, 0.15) is 0 Å². The van der Waals surface area contributed by atoms with Gasteiger partial charge in [-0.05, 0) is 13.5 Å². The van der Waals surface area contributed by atoms with Crippen molar-refractivity contribution < 1.29 is 18.3 Å². The van der Waals surface area contributed by atoms with Crippen LogP contribution in [0.2, 0.25) is 0 Å². The lowest BCUT2D eigenvalue weighted by atomic mass is 10.2. The SMILES string of the molecule is CN1CCOC(COC(F)F)CC1. The van der Waals surface area contributed by atoms with Gasteiger partial charge in [-0.2, -0.15) is 8.78 Å². The van der Waals surface area contributed by atoms with Crippen LogP contribution in [0.3, 0.4) is 0 Å². The molecule has 0 bridgehead atoms. The summed E-state index contributed by atoms with van der Waals surface area (Å²) in [5.74, 6) is 0. The quantitative estimate of drug-likeness (QED) is 0.669. The predicted molar refractivity (Wildman–Crippen MR) is 43.8 cm³/mol. The van der Waals surface area contributed by atoms with E-state index in [2.05, 4.69) is 9.64 Å². The molecule has 1 saturated heterocycles. The molecule has 0 aromatic carbocycles. The van der Waals surface area contributed by atoms with E-state index >= 15 is 0 Å². The Hall–Kier alpha value is -0.260. The largest absolute Gasteiger partial charge is 0.374 e. The molecular weight excluding hydrogens is 180 g/mol. The molecule has 13 heavy (non-hydrogen) atoms. The Labute approximate surface area is 76.6 Å². The molecule has 1 rings (SSSR count). The van der Waals surface area contributed by atoms with Crippen LogP contribution in [0.1, 0.15) is 6.42 Å². The van der Waals surface area contributed by atoms with Gasteiger partial charge >= 0.3 is 6.61 Å². The summed E-state index contributed by atoms with van der Waals surface area (Å²) in [5, 5.41) is 0. The summed E-state index contributed by atoms with van der Waals surface area (Å²) in [4.78, 5) is 2.11. The van der Waals surface area contributed by atoms with Crippen LogP contribution in [0.15, 0.2) is 0 Å². The minimum Gasteiger partial charge on any atom is -0.374 e. The second-order valence-electron chi connectivity index (χ2n) is 3.18. The van der Waals surface area contributed by atoms with E-state index < -0.39 is 6.61 Å². The molecule has 0 spiro atoms. The highest BCUT2D eigenvalue weighted by molar-refractivity contribution is 4.65. The molecule has 0 aliphatic carbocycles. The lowest BCUT2D eigenvalue weighted by molar-refractivity contribution is -0.153. The Morgan fingerprint density at radius 2 is 2.31 bits per heavy atom. The van der Waals surface area contributed by atoms with Crippen LogP contribution >= 0.6 is 0 Å². The Bertz CT molecular complexity index is 146. The van der Waals surface area contributed by atoms with E-state index in [1.54, 1.807) is 0 Å². The fourth-order valence-corrected chi connectivity index (χ4v) is 1.25. The van der Waals surface area contributed by atoms with Gasteiger partial charge in [0, 0.05) is 13.1 Å². The van der Waals surface area contributed by atoms with Crippen LogP contribution in [-0.4, -0.2) is 51.0 Å². The molecule has 0 aromatic rings. The van der Waals surface area contributed by atoms with E-state index in [1.165, 1.54) is 0 Å². The first-order valence-corrected chi connectivity index (χ1v) is 4.38. The molecule has 0 N–H and O–H groups in total. The summed E-state index contributed by atoms with van der Waals surface area (Å²) in [6.45, 7) is -0.383. The molecule has 1 unspecified atom stereocenters. The van der Waals surface area contributed by atoms with Gasteiger partial charge in [0.05, 0.1) is 19.3 Å². The van der Waals surface area contributed by atoms with E-state index in [0.29, 0.717) is 6.61 Å². The zero-order chi connectivity index (χ0) is 9.68. The molecule has 0 saturated carbocycles.